The number of piperazine rings is 1. The van der Waals surface area contributed by atoms with Crippen LogP contribution in [-0.4, -0.2) is 40.7 Å². The van der Waals surface area contributed by atoms with E-state index in [0.29, 0.717) is 16.3 Å². The number of halogens is 1. The van der Waals surface area contributed by atoms with Gasteiger partial charge < -0.3 is 15.5 Å². The maximum atomic E-state index is 14.1. The molecule has 1 aliphatic heterocycles. The van der Waals surface area contributed by atoms with Gasteiger partial charge in [-0.1, -0.05) is 49.7 Å². The Morgan fingerprint density at radius 2 is 1.82 bits per heavy atom. The summed E-state index contributed by atoms with van der Waals surface area (Å²) in [6.45, 7) is 7.79. The third-order valence-corrected chi connectivity index (χ3v) is 7.85. The van der Waals surface area contributed by atoms with Crippen LogP contribution in [0.2, 0.25) is 5.02 Å². The van der Waals surface area contributed by atoms with Gasteiger partial charge in [0, 0.05) is 16.3 Å². The maximum Gasteiger partial charge on any atom is 0.248 e. The van der Waals surface area contributed by atoms with Gasteiger partial charge in [-0.15, -0.1) is 11.3 Å². The van der Waals surface area contributed by atoms with Gasteiger partial charge in [0.25, 0.3) is 0 Å². The van der Waals surface area contributed by atoms with Crippen molar-refractivity contribution in [2.45, 2.75) is 71.1 Å². The Balaban J connectivity index is 1.73. The van der Waals surface area contributed by atoms with Gasteiger partial charge in [-0.3, -0.25) is 14.4 Å². The van der Waals surface area contributed by atoms with Gasteiger partial charge in [0.05, 0.1) is 5.02 Å². The first-order valence-corrected chi connectivity index (χ1v) is 13.1. The standard InChI is InChI=1S/C26H32ClN3O3S/c1-14(2)9-20-24(31)29-22(18-10-16-7-5-6-8-17(16)11-18)26(33)30(20)23(25(32)28-15(3)4)21-12-19(27)13-34-21/h5-8,12-15,18,20,22-23H,9-11H2,1-4H3,(H,28,32)(H,29,31). The van der Waals surface area contributed by atoms with Crippen molar-refractivity contribution in [1.82, 2.24) is 15.5 Å². The third kappa shape index (κ3) is 5.01. The van der Waals surface area contributed by atoms with Crippen molar-refractivity contribution in [3.63, 3.8) is 0 Å². The topological polar surface area (TPSA) is 78.5 Å². The molecule has 3 amide bonds. The van der Waals surface area contributed by atoms with E-state index in [1.807, 2.05) is 39.8 Å². The number of nitrogens with one attached hydrogen (secondary N) is 2. The fourth-order valence-corrected chi connectivity index (χ4v) is 6.28. The first-order valence-electron chi connectivity index (χ1n) is 11.9. The van der Waals surface area contributed by atoms with Crippen LogP contribution in [0.3, 0.4) is 0 Å². The predicted molar refractivity (Wildman–Crippen MR) is 135 cm³/mol. The van der Waals surface area contributed by atoms with Crippen LogP contribution in [0.15, 0.2) is 35.7 Å². The number of hydrogen-bond donors (Lipinski definition) is 2. The molecule has 6 nitrogen and oxygen atoms in total. The fraction of sp³-hybridized carbons (Fsp3) is 0.500. The van der Waals surface area contributed by atoms with Crippen molar-refractivity contribution in [1.29, 1.82) is 0 Å². The van der Waals surface area contributed by atoms with E-state index >= 15 is 0 Å². The summed E-state index contributed by atoms with van der Waals surface area (Å²) in [5.74, 6) is -0.564. The van der Waals surface area contributed by atoms with Crippen molar-refractivity contribution in [2.75, 3.05) is 0 Å². The zero-order valence-corrected chi connectivity index (χ0v) is 21.6. The number of thiophene rings is 1. The number of nitrogens with zero attached hydrogens (tertiary/aromatic N) is 1. The van der Waals surface area contributed by atoms with E-state index in [1.54, 1.807) is 16.3 Å². The second-order valence-corrected chi connectivity index (χ2v) is 11.4. The Hall–Kier alpha value is -2.38. The van der Waals surface area contributed by atoms with Gasteiger partial charge in [-0.25, -0.2) is 0 Å². The molecule has 2 aliphatic rings. The molecule has 182 valence electrons. The number of amides is 3. The average Bonchev–Trinajstić information content (AvgIpc) is 3.38. The summed E-state index contributed by atoms with van der Waals surface area (Å²) < 4.78 is 0. The summed E-state index contributed by atoms with van der Waals surface area (Å²) in [6.07, 6.45) is 1.92. The second-order valence-electron chi connectivity index (χ2n) is 10.0. The lowest BCUT2D eigenvalue weighted by Gasteiger charge is -2.44. The van der Waals surface area contributed by atoms with Gasteiger partial charge in [-0.2, -0.15) is 0 Å². The molecule has 1 saturated heterocycles. The second kappa shape index (κ2) is 10.1. The highest BCUT2D eigenvalue weighted by Crippen LogP contribution is 2.37. The number of benzene rings is 1. The Labute approximate surface area is 210 Å². The molecule has 1 aliphatic carbocycles. The Morgan fingerprint density at radius 1 is 1.18 bits per heavy atom. The van der Waals surface area contributed by atoms with Gasteiger partial charge in [0.1, 0.15) is 18.1 Å². The first kappa shape index (κ1) is 24.7. The third-order valence-electron chi connectivity index (χ3n) is 6.52. The molecule has 0 bridgehead atoms. The van der Waals surface area contributed by atoms with Crippen molar-refractivity contribution in [2.24, 2.45) is 11.8 Å². The highest BCUT2D eigenvalue weighted by Gasteiger charge is 2.49. The lowest BCUT2D eigenvalue weighted by Crippen LogP contribution is -2.67. The highest BCUT2D eigenvalue weighted by molar-refractivity contribution is 7.10. The number of hydrogen-bond acceptors (Lipinski definition) is 4. The number of carbonyl (C=O) groups excluding carboxylic acids is 3. The van der Waals surface area contributed by atoms with Crippen molar-refractivity contribution < 1.29 is 14.4 Å². The molecule has 2 N–H and O–H groups in total. The molecule has 2 aromatic rings. The van der Waals surface area contributed by atoms with Crippen molar-refractivity contribution in [3.05, 3.63) is 56.7 Å². The number of fused-ring (bicyclic) bond motifs is 1. The predicted octanol–water partition coefficient (Wildman–Crippen LogP) is 4.12. The molecule has 34 heavy (non-hydrogen) atoms. The Morgan fingerprint density at radius 3 is 2.35 bits per heavy atom. The van der Waals surface area contributed by atoms with Crippen LogP contribution in [-0.2, 0) is 27.2 Å². The van der Waals surface area contributed by atoms with E-state index in [1.165, 1.54) is 22.5 Å². The van der Waals surface area contributed by atoms with E-state index in [0.717, 1.165) is 12.8 Å². The summed E-state index contributed by atoms with van der Waals surface area (Å²) in [7, 11) is 0. The summed E-state index contributed by atoms with van der Waals surface area (Å²) in [5.41, 5.74) is 2.43. The molecule has 0 spiro atoms. The van der Waals surface area contributed by atoms with Gasteiger partial charge in [0.15, 0.2) is 0 Å². The molecule has 1 aromatic heterocycles. The Bertz CT molecular complexity index is 1060. The lowest BCUT2D eigenvalue weighted by molar-refractivity contribution is -0.157. The van der Waals surface area contributed by atoms with Gasteiger partial charge >= 0.3 is 0 Å². The quantitative estimate of drug-likeness (QED) is 0.599. The Kier molecular flexibility index (Phi) is 7.33. The van der Waals surface area contributed by atoms with Crippen LogP contribution in [0, 0.1) is 11.8 Å². The van der Waals surface area contributed by atoms with Crippen LogP contribution < -0.4 is 10.6 Å². The van der Waals surface area contributed by atoms with E-state index < -0.39 is 18.1 Å². The van der Waals surface area contributed by atoms with Crippen LogP contribution in [0.4, 0.5) is 0 Å². The van der Waals surface area contributed by atoms with Crippen LogP contribution in [0.5, 0.6) is 0 Å². The van der Waals surface area contributed by atoms with Crippen molar-refractivity contribution in [3.8, 4) is 0 Å². The lowest BCUT2D eigenvalue weighted by atomic mass is 9.88. The monoisotopic (exact) mass is 501 g/mol. The number of carbonyl (C=O) groups is 3. The zero-order valence-electron chi connectivity index (χ0n) is 20.0. The van der Waals surface area contributed by atoms with E-state index in [-0.39, 0.29) is 35.6 Å². The van der Waals surface area contributed by atoms with Crippen molar-refractivity contribution >= 4 is 40.7 Å². The van der Waals surface area contributed by atoms with Crippen LogP contribution in [0.1, 0.15) is 56.2 Å². The summed E-state index contributed by atoms with van der Waals surface area (Å²) >= 11 is 7.56. The molecule has 1 aromatic carbocycles. The van der Waals surface area contributed by atoms with Crippen LogP contribution >= 0.6 is 22.9 Å². The summed E-state index contributed by atoms with van der Waals surface area (Å²) in [5, 5.41) is 8.26. The molecule has 8 heteroatoms. The van der Waals surface area contributed by atoms with E-state index in [9.17, 15) is 14.4 Å². The zero-order chi connectivity index (χ0) is 24.6. The van der Waals surface area contributed by atoms with Crippen LogP contribution in [0.25, 0.3) is 0 Å². The molecule has 0 radical (unpaired) electrons. The normalized spacial score (nSPS) is 21.7. The smallest absolute Gasteiger partial charge is 0.248 e. The molecular formula is C26H32ClN3O3S. The highest BCUT2D eigenvalue weighted by atomic mass is 35.5. The molecule has 3 unspecified atom stereocenters. The maximum absolute atomic E-state index is 14.1. The average molecular weight is 502 g/mol. The van der Waals surface area contributed by atoms with Gasteiger partial charge in [0.2, 0.25) is 17.7 Å². The van der Waals surface area contributed by atoms with E-state index in [2.05, 4.69) is 22.8 Å². The largest absolute Gasteiger partial charge is 0.352 e. The minimum atomic E-state index is -0.909. The molecular weight excluding hydrogens is 470 g/mol. The minimum absolute atomic E-state index is 0.0444. The molecule has 2 heterocycles. The first-order chi connectivity index (χ1) is 16.2. The fourth-order valence-electron chi connectivity index (χ4n) is 5.10. The summed E-state index contributed by atoms with van der Waals surface area (Å²) in [6, 6.07) is 7.47. The number of rotatable bonds is 7. The molecule has 4 rings (SSSR count). The minimum Gasteiger partial charge on any atom is -0.352 e. The molecule has 1 fully saturated rings. The molecule has 3 atom stereocenters. The van der Waals surface area contributed by atoms with E-state index in [4.69, 9.17) is 11.6 Å². The summed E-state index contributed by atoms with van der Waals surface area (Å²) in [4.78, 5) is 43.3. The SMILES string of the molecule is CC(C)CC1C(=O)NC(C2Cc3ccccc3C2)C(=O)N1C(C(=O)NC(C)C)c1cc(Cl)cs1. The van der Waals surface area contributed by atoms with Gasteiger partial charge in [-0.05, 0) is 62.1 Å². The molecule has 0 saturated carbocycles.